The van der Waals surface area contributed by atoms with E-state index < -0.39 is 11.0 Å². The van der Waals surface area contributed by atoms with Gasteiger partial charge in [-0.3, -0.25) is 0 Å². The Kier molecular flexibility index (Phi) is 7.51. The SMILES string of the molecule is Cc1ccc(S(=O)N[C@H](c2ccccc2)[C@@H](CO)NCc2ccccc2)cc1. The molecule has 3 aromatic carbocycles. The summed E-state index contributed by atoms with van der Waals surface area (Å²) in [5, 5.41) is 13.5. The summed E-state index contributed by atoms with van der Waals surface area (Å²) in [7, 11) is -1.39. The highest BCUT2D eigenvalue weighted by atomic mass is 32.2. The summed E-state index contributed by atoms with van der Waals surface area (Å²) in [5.74, 6) is 0. The Morgan fingerprint density at radius 2 is 1.50 bits per heavy atom. The van der Waals surface area contributed by atoms with Crippen LogP contribution in [0.4, 0.5) is 0 Å². The molecule has 0 saturated heterocycles. The maximum Gasteiger partial charge on any atom is 0.125 e. The molecule has 0 spiro atoms. The zero-order chi connectivity index (χ0) is 19.8. The van der Waals surface area contributed by atoms with E-state index in [1.54, 1.807) is 0 Å². The van der Waals surface area contributed by atoms with Gasteiger partial charge >= 0.3 is 0 Å². The molecule has 146 valence electrons. The minimum atomic E-state index is -1.39. The highest BCUT2D eigenvalue weighted by Crippen LogP contribution is 2.20. The van der Waals surface area contributed by atoms with Crippen LogP contribution in [0.15, 0.2) is 89.8 Å². The molecule has 3 rings (SSSR count). The number of rotatable bonds is 9. The molecule has 0 aliphatic carbocycles. The Hall–Kier alpha value is -2.31. The molecule has 3 aromatic rings. The fourth-order valence-electron chi connectivity index (χ4n) is 3.02. The van der Waals surface area contributed by atoms with E-state index in [1.807, 2.05) is 91.9 Å². The molecule has 0 amide bonds. The summed E-state index contributed by atoms with van der Waals surface area (Å²) in [6.07, 6.45) is 0. The first-order chi connectivity index (χ1) is 13.7. The Balaban J connectivity index is 1.79. The third-order valence-electron chi connectivity index (χ3n) is 4.64. The van der Waals surface area contributed by atoms with E-state index in [2.05, 4.69) is 10.0 Å². The summed E-state index contributed by atoms with van der Waals surface area (Å²) in [6.45, 7) is 2.54. The number of nitrogens with one attached hydrogen (secondary N) is 2. The first-order valence-corrected chi connectivity index (χ1v) is 10.5. The number of hydrogen-bond acceptors (Lipinski definition) is 3. The molecule has 0 aromatic heterocycles. The maximum atomic E-state index is 12.9. The minimum Gasteiger partial charge on any atom is -0.395 e. The molecule has 0 aliphatic heterocycles. The van der Waals surface area contributed by atoms with Gasteiger partial charge in [-0.25, -0.2) is 8.93 Å². The van der Waals surface area contributed by atoms with E-state index in [-0.39, 0.29) is 18.7 Å². The third kappa shape index (κ3) is 5.59. The number of aryl methyl sites for hydroxylation is 1. The van der Waals surface area contributed by atoms with Gasteiger partial charge in [0.25, 0.3) is 0 Å². The van der Waals surface area contributed by atoms with Gasteiger partial charge in [-0.05, 0) is 30.2 Å². The first-order valence-electron chi connectivity index (χ1n) is 9.35. The molecule has 28 heavy (non-hydrogen) atoms. The number of benzene rings is 3. The molecular formula is C23H26N2O2S. The van der Waals surface area contributed by atoms with Gasteiger partial charge in [0.15, 0.2) is 0 Å². The van der Waals surface area contributed by atoms with Crippen molar-refractivity contribution < 1.29 is 9.32 Å². The van der Waals surface area contributed by atoms with Gasteiger partial charge in [0.1, 0.15) is 11.0 Å². The van der Waals surface area contributed by atoms with Crippen molar-refractivity contribution in [3.05, 3.63) is 102 Å². The lowest BCUT2D eigenvalue weighted by molar-refractivity contribution is 0.218. The predicted octanol–water partition coefficient (Wildman–Crippen LogP) is 3.50. The fourth-order valence-corrected chi connectivity index (χ4v) is 4.07. The van der Waals surface area contributed by atoms with Crippen LogP contribution < -0.4 is 10.0 Å². The molecule has 1 unspecified atom stereocenters. The van der Waals surface area contributed by atoms with Crippen LogP contribution in [0.1, 0.15) is 22.7 Å². The van der Waals surface area contributed by atoms with Gasteiger partial charge < -0.3 is 10.4 Å². The maximum absolute atomic E-state index is 12.9. The smallest absolute Gasteiger partial charge is 0.125 e. The van der Waals surface area contributed by atoms with Crippen LogP contribution in [-0.2, 0) is 17.5 Å². The lowest BCUT2D eigenvalue weighted by Gasteiger charge is -2.28. The largest absolute Gasteiger partial charge is 0.395 e. The summed E-state index contributed by atoms with van der Waals surface area (Å²) >= 11 is 0. The quantitative estimate of drug-likeness (QED) is 0.521. The topological polar surface area (TPSA) is 61.4 Å². The highest BCUT2D eigenvalue weighted by molar-refractivity contribution is 7.83. The molecule has 5 heteroatoms. The average molecular weight is 395 g/mol. The first kappa shape index (κ1) is 20.4. The minimum absolute atomic E-state index is 0.0789. The standard InChI is InChI=1S/C23H26N2O2S/c1-18-12-14-21(15-13-18)28(27)25-23(20-10-6-3-7-11-20)22(17-26)24-16-19-8-4-2-5-9-19/h2-15,22-26H,16-17H2,1H3/t22-,23-,28?/m1/s1. The number of aliphatic hydroxyl groups is 1. The molecule has 3 atom stereocenters. The van der Waals surface area contributed by atoms with Crippen LogP contribution in [0.3, 0.4) is 0 Å². The van der Waals surface area contributed by atoms with Crippen LogP contribution >= 0.6 is 0 Å². The van der Waals surface area contributed by atoms with Crippen LogP contribution in [0.5, 0.6) is 0 Å². The van der Waals surface area contributed by atoms with Gasteiger partial charge in [0.2, 0.25) is 0 Å². The van der Waals surface area contributed by atoms with Crippen molar-refractivity contribution in [1.29, 1.82) is 0 Å². The second-order valence-electron chi connectivity index (χ2n) is 6.74. The van der Waals surface area contributed by atoms with Gasteiger partial charge in [-0.15, -0.1) is 0 Å². The average Bonchev–Trinajstić information content (AvgIpc) is 2.75. The molecule has 0 heterocycles. The molecule has 0 radical (unpaired) electrons. The molecule has 0 saturated carbocycles. The lowest BCUT2D eigenvalue weighted by atomic mass is 10.0. The summed E-state index contributed by atoms with van der Waals surface area (Å²) in [4.78, 5) is 0.714. The third-order valence-corrected chi connectivity index (χ3v) is 5.81. The van der Waals surface area contributed by atoms with Gasteiger partial charge in [-0.2, -0.15) is 0 Å². The van der Waals surface area contributed by atoms with Gasteiger partial charge in [0, 0.05) is 6.54 Å². The van der Waals surface area contributed by atoms with Crippen molar-refractivity contribution in [2.45, 2.75) is 30.4 Å². The van der Waals surface area contributed by atoms with E-state index in [1.165, 1.54) is 0 Å². The molecule has 0 aliphatic rings. The van der Waals surface area contributed by atoms with E-state index in [9.17, 15) is 9.32 Å². The lowest BCUT2D eigenvalue weighted by Crippen LogP contribution is -2.44. The Labute approximate surface area is 169 Å². The summed E-state index contributed by atoms with van der Waals surface area (Å²) < 4.78 is 16.1. The zero-order valence-electron chi connectivity index (χ0n) is 15.9. The van der Waals surface area contributed by atoms with Crippen LogP contribution in [0.25, 0.3) is 0 Å². The highest BCUT2D eigenvalue weighted by Gasteiger charge is 2.24. The number of hydrogen-bond donors (Lipinski definition) is 3. The normalized spacial score (nSPS) is 14.4. The zero-order valence-corrected chi connectivity index (χ0v) is 16.7. The Morgan fingerprint density at radius 3 is 2.11 bits per heavy atom. The van der Waals surface area contributed by atoms with E-state index in [0.29, 0.717) is 11.4 Å². The van der Waals surface area contributed by atoms with Crippen LogP contribution in [-0.4, -0.2) is 22.0 Å². The van der Waals surface area contributed by atoms with E-state index in [0.717, 1.165) is 16.7 Å². The molecule has 4 nitrogen and oxygen atoms in total. The fraction of sp³-hybridized carbons (Fsp3) is 0.217. The molecule has 0 bridgehead atoms. The van der Waals surface area contributed by atoms with Crippen molar-refractivity contribution >= 4 is 11.0 Å². The van der Waals surface area contributed by atoms with Crippen LogP contribution in [0.2, 0.25) is 0 Å². The van der Waals surface area contributed by atoms with Crippen molar-refractivity contribution in [1.82, 2.24) is 10.0 Å². The predicted molar refractivity (Wildman–Crippen MR) is 114 cm³/mol. The second kappa shape index (κ2) is 10.3. The van der Waals surface area contributed by atoms with E-state index >= 15 is 0 Å². The summed E-state index contributed by atoms with van der Waals surface area (Å²) in [5.41, 5.74) is 3.23. The Morgan fingerprint density at radius 1 is 0.893 bits per heavy atom. The number of aliphatic hydroxyl groups excluding tert-OH is 1. The van der Waals surface area contributed by atoms with Crippen molar-refractivity contribution in [2.75, 3.05) is 6.61 Å². The second-order valence-corrected chi connectivity index (χ2v) is 7.99. The monoisotopic (exact) mass is 394 g/mol. The summed E-state index contributed by atoms with van der Waals surface area (Å²) in [6, 6.07) is 26.9. The van der Waals surface area contributed by atoms with Gasteiger partial charge in [-0.1, -0.05) is 78.4 Å². The molecule has 3 N–H and O–H groups in total. The van der Waals surface area contributed by atoms with Crippen molar-refractivity contribution in [3.8, 4) is 0 Å². The van der Waals surface area contributed by atoms with Crippen LogP contribution in [0, 0.1) is 6.92 Å². The Bertz CT molecular complexity index is 870. The molecular weight excluding hydrogens is 368 g/mol. The van der Waals surface area contributed by atoms with Gasteiger partial charge in [0.05, 0.1) is 23.6 Å². The van der Waals surface area contributed by atoms with Crippen molar-refractivity contribution in [3.63, 3.8) is 0 Å². The van der Waals surface area contributed by atoms with Crippen molar-refractivity contribution in [2.24, 2.45) is 0 Å². The molecule has 0 fully saturated rings. The van der Waals surface area contributed by atoms with E-state index in [4.69, 9.17) is 0 Å².